The van der Waals surface area contributed by atoms with Crippen LogP contribution < -0.4 is 5.32 Å². The van der Waals surface area contributed by atoms with E-state index in [1.54, 1.807) is 14.2 Å². The normalized spacial score (nSPS) is 19.0. The SMILES string of the molecule is COCC(Cn1cncc1C1CCNCC1)OC. The minimum atomic E-state index is 0.0877. The molecule has 0 saturated carbocycles. The average molecular weight is 253 g/mol. The maximum Gasteiger partial charge on any atom is 0.0983 e. The van der Waals surface area contributed by atoms with Crippen LogP contribution in [0.1, 0.15) is 24.5 Å². The number of nitrogens with zero attached hydrogens (tertiary/aromatic N) is 2. The standard InChI is InChI=1S/C13H23N3O2/c1-17-9-12(18-2)8-16-10-15-7-13(16)11-3-5-14-6-4-11/h7,10-12,14H,3-6,8-9H2,1-2H3. The van der Waals surface area contributed by atoms with Gasteiger partial charge in [-0.1, -0.05) is 0 Å². The molecular formula is C13H23N3O2. The van der Waals surface area contributed by atoms with E-state index >= 15 is 0 Å². The Bertz CT molecular complexity index is 348. The van der Waals surface area contributed by atoms with Crippen molar-refractivity contribution >= 4 is 0 Å². The summed E-state index contributed by atoms with van der Waals surface area (Å²) < 4.78 is 12.8. The molecule has 1 atom stereocenters. The van der Waals surface area contributed by atoms with Crippen LogP contribution in [0.5, 0.6) is 0 Å². The highest BCUT2D eigenvalue weighted by Gasteiger charge is 2.20. The molecular weight excluding hydrogens is 230 g/mol. The number of piperidine rings is 1. The van der Waals surface area contributed by atoms with Gasteiger partial charge in [0.1, 0.15) is 0 Å². The zero-order chi connectivity index (χ0) is 12.8. The predicted molar refractivity (Wildman–Crippen MR) is 69.7 cm³/mol. The van der Waals surface area contributed by atoms with Gasteiger partial charge in [0.15, 0.2) is 0 Å². The summed E-state index contributed by atoms with van der Waals surface area (Å²) in [4.78, 5) is 4.29. The van der Waals surface area contributed by atoms with Gasteiger partial charge in [0.25, 0.3) is 0 Å². The lowest BCUT2D eigenvalue weighted by atomic mass is 9.95. The second-order valence-corrected chi connectivity index (χ2v) is 4.81. The minimum Gasteiger partial charge on any atom is -0.382 e. The quantitative estimate of drug-likeness (QED) is 0.822. The number of methoxy groups -OCH3 is 2. The van der Waals surface area contributed by atoms with Gasteiger partial charge in [0, 0.05) is 32.0 Å². The molecule has 18 heavy (non-hydrogen) atoms. The van der Waals surface area contributed by atoms with Gasteiger partial charge in [0.05, 0.1) is 25.6 Å². The van der Waals surface area contributed by atoms with Gasteiger partial charge in [-0.05, 0) is 25.9 Å². The molecule has 5 nitrogen and oxygen atoms in total. The highest BCUT2D eigenvalue weighted by atomic mass is 16.5. The number of hydrogen-bond donors (Lipinski definition) is 1. The zero-order valence-electron chi connectivity index (χ0n) is 11.3. The van der Waals surface area contributed by atoms with Gasteiger partial charge >= 0.3 is 0 Å². The first-order valence-corrected chi connectivity index (χ1v) is 6.57. The first-order valence-electron chi connectivity index (χ1n) is 6.57. The van der Waals surface area contributed by atoms with E-state index in [0.29, 0.717) is 12.5 Å². The van der Waals surface area contributed by atoms with Crippen molar-refractivity contribution in [1.82, 2.24) is 14.9 Å². The third kappa shape index (κ3) is 3.31. The minimum absolute atomic E-state index is 0.0877. The van der Waals surface area contributed by atoms with Crippen LogP contribution in [-0.2, 0) is 16.0 Å². The Labute approximate surface area is 108 Å². The van der Waals surface area contributed by atoms with Crippen LogP contribution in [-0.4, -0.2) is 49.6 Å². The van der Waals surface area contributed by atoms with Crippen molar-refractivity contribution < 1.29 is 9.47 Å². The van der Waals surface area contributed by atoms with Gasteiger partial charge in [-0.2, -0.15) is 0 Å². The Balaban J connectivity index is 2.01. The summed E-state index contributed by atoms with van der Waals surface area (Å²) in [6, 6.07) is 0. The van der Waals surface area contributed by atoms with Crippen molar-refractivity contribution in [3.05, 3.63) is 18.2 Å². The molecule has 1 aliphatic heterocycles. The van der Waals surface area contributed by atoms with E-state index in [1.807, 2.05) is 12.5 Å². The first kappa shape index (κ1) is 13.5. The Morgan fingerprint density at radius 3 is 2.89 bits per heavy atom. The molecule has 0 aromatic carbocycles. The third-order valence-electron chi connectivity index (χ3n) is 3.59. The van der Waals surface area contributed by atoms with E-state index < -0.39 is 0 Å². The summed E-state index contributed by atoms with van der Waals surface area (Å²) in [7, 11) is 3.43. The molecule has 0 radical (unpaired) electrons. The fourth-order valence-corrected chi connectivity index (χ4v) is 2.54. The smallest absolute Gasteiger partial charge is 0.0983 e. The van der Waals surface area contributed by atoms with Gasteiger partial charge in [0.2, 0.25) is 0 Å². The molecule has 1 aromatic heterocycles. The van der Waals surface area contributed by atoms with E-state index in [2.05, 4.69) is 14.9 Å². The van der Waals surface area contributed by atoms with Gasteiger partial charge in [-0.3, -0.25) is 0 Å². The van der Waals surface area contributed by atoms with Crippen molar-refractivity contribution in [2.24, 2.45) is 0 Å². The van der Waals surface area contributed by atoms with Crippen LogP contribution >= 0.6 is 0 Å². The molecule has 1 aliphatic rings. The lowest BCUT2D eigenvalue weighted by molar-refractivity contribution is 0.0177. The lowest BCUT2D eigenvalue weighted by Crippen LogP contribution is -2.29. The number of aromatic nitrogens is 2. The van der Waals surface area contributed by atoms with Crippen molar-refractivity contribution in [1.29, 1.82) is 0 Å². The summed E-state index contributed by atoms with van der Waals surface area (Å²) in [5.74, 6) is 0.619. The van der Waals surface area contributed by atoms with E-state index in [-0.39, 0.29) is 6.10 Å². The van der Waals surface area contributed by atoms with Crippen LogP contribution in [0.3, 0.4) is 0 Å². The van der Waals surface area contributed by atoms with Crippen LogP contribution in [0.4, 0.5) is 0 Å². The molecule has 1 aromatic rings. The average Bonchev–Trinajstić information content (AvgIpc) is 2.87. The van der Waals surface area contributed by atoms with Crippen LogP contribution in [0.25, 0.3) is 0 Å². The predicted octanol–water partition coefficient (Wildman–Crippen LogP) is 1.01. The van der Waals surface area contributed by atoms with E-state index in [1.165, 1.54) is 18.5 Å². The molecule has 2 rings (SSSR count). The number of rotatable bonds is 6. The Morgan fingerprint density at radius 1 is 1.44 bits per heavy atom. The second-order valence-electron chi connectivity index (χ2n) is 4.81. The van der Waals surface area contributed by atoms with Gasteiger partial charge < -0.3 is 19.4 Å². The molecule has 1 fully saturated rings. The Hall–Kier alpha value is -0.910. The summed E-state index contributed by atoms with van der Waals surface area (Å²) in [5, 5.41) is 3.39. The zero-order valence-corrected chi connectivity index (χ0v) is 11.3. The van der Waals surface area contributed by atoms with E-state index in [9.17, 15) is 0 Å². The molecule has 0 amide bonds. The van der Waals surface area contributed by atoms with Gasteiger partial charge in [-0.15, -0.1) is 0 Å². The van der Waals surface area contributed by atoms with E-state index in [0.717, 1.165) is 19.6 Å². The maximum atomic E-state index is 5.42. The first-order chi connectivity index (χ1) is 8.85. The Morgan fingerprint density at radius 2 is 2.22 bits per heavy atom. The topological polar surface area (TPSA) is 48.3 Å². The molecule has 102 valence electrons. The molecule has 1 saturated heterocycles. The number of ether oxygens (including phenoxy) is 2. The largest absolute Gasteiger partial charge is 0.382 e. The van der Waals surface area contributed by atoms with Crippen molar-refractivity contribution in [3.8, 4) is 0 Å². The number of nitrogens with one attached hydrogen (secondary N) is 1. The summed E-state index contributed by atoms with van der Waals surface area (Å²) in [6.07, 6.45) is 6.36. The van der Waals surface area contributed by atoms with Crippen molar-refractivity contribution in [2.75, 3.05) is 33.9 Å². The molecule has 0 aliphatic carbocycles. The van der Waals surface area contributed by atoms with Crippen LogP contribution in [0.2, 0.25) is 0 Å². The van der Waals surface area contributed by atoms with Gasteiger partial charge in [-0.25, -0.2) is 4.98 Å². The summed E-state index contributed by atoms with van der Waals surface area (Å²) in [5.41, 5.74) is 1.33. The maximum absolute atomic E-state index is 5.42. The fourth-order valence-electron chi connectivity index (χ4n) is 2.54. The third-order valence-corrected chi connectivity index (χ3v) is 3.59. The summed E-state index contributed by atoms with van der Waals surface area (Å²) in [6.45, 7) is 3.62. The monoisotopic (exact) mass is 253 g/mol. The van der Waals surface area contributed by atoms with Crippen LogP contribution in [0, 0.1) is 0 Å². The highest BCUT2D eigenvalue weighted by Crippen LogP contribution is 2.25. The lowest BCUT2D eigenvalue weighted by Gasteiger charge is -2.25. The molecule has 0 spiro atoms. The van der Waals surface area contributed by atoms with Crippen LogP contribution in [0.15, 0.2) is 12.5 Å². The molecule has 1 N–H and O–H groups in total. The number of hydrogen-bond acceptors (Lipinski definition) is 4. The molecule has 1 unspecified atom stereocenters. The molecule has 5 heteroatoms. The number of imidazole rings is 1. The van der Waals surface area contributed by atoms with Crippen molar-refractivity contribution in [2.45, 2.75) is 31.4 Å². The second kappa shape index (κ2) is 6.87. The van der Waals surface area contributed by atoms with E-state index in [4.69, 9.17) is 9.47 Å². The Kier molecular flexibility index (Phi) is 5.16. The highest BCUT2D eigenvalue weighted by molar-refractivity contribution is 5.08. The fraction of sp³-hybridized carbons (Fsp3) is 0.769. The summed E-state index contributed by atoms with van der Waals surface area (Å²) >= 11 is 0. The molecule has 0 bridgehead atoms. The molecule has 2 heterocycles. The van der Waals surface area contributed by atoms with Crippen molar-refractivity contribution in [3.63, 3.8) is 0 Å².